The number of nitrogens with one attached hydrogen (secondary N) is 1. The highest BCUT2D eigenvalue weighted by Gasteiger charge is 2.26. The molecular weight excluding hydrogens is 388 g/mol. The highest BCUT2D eigenvalue weighted by molar-refractivity contribution is 5.98. The zero-order chi connectivity index (χ0) is 21.5. The summed E-state index contributed by atoms with van der Waals surface area (Å²) in [5.74, 6) is -0.767. The minimum atomic E-state index is -1.22. The summed E-state index contributed by atoms with van der Waals surface area (Å²) in [6.07, 6.45) is -1.22. The van der Waals surface area contributed by atoms with Crippen molar-refractivity contribution in [2.24, 2.45) is 0 Å². The zero-order valence-corrected chi connectivity index (χ0v) is 16.0. The van der Waals surface area contributed by atoms with Crippen LogP contribution in [0.2, 0.25) is 0 Å². The number of non-ortho nitro benzene ring substituents is 1. The molecule has 0 fully saturated rings. The second-order valence-corrected chi connectivity index (χ2v) is 6.22. The third-order valence-electron chi connectivity index (χ3n) is 4.22. The van der Waals surface area contributed by atoms with Crippen LogP contribution >= 0.6 is 0 Å². The average molecular weight is 406 g/mol. The maximum atomic E-state index is 12.9. The van der Waals surface area contributed by atoms with Crippen molar-refractivity contribution in [3.05, 3.63) is 100 Å². The van der Waals surface area contributed by atoms with E-state index in [4.69, 9.17) is 9.47 Å². The van der Waals surface area contributed by atoms with E-state index in [1.54, 1.807) is 54.6 Å². The van der Waals surface area contributed by atoms with Gasteiger partial charge in [0.05, 0.1) is 17.6 Å². The minimum absolute atomic E-state index is 0.0933. The first-order valence-electron chi connectivity index (χ1n) is 8.93. The fourth-order valence-electron chi connectivity index (χ4n) is 2.70. The van der Waals surface area contributed by atoms with Crippen LogP contribution in [-0.4, -0.2) is 23.9 Å². The van der Waals surface area contributed by atoms with Gasteiger partial charge in [0.2, 0.25) is 6.10 Å². The standard InChI is InChI=1S/C22H18N2O6/c1-29-19-9-5-8-17(14-19)23-21(25)20(15-6-3-2-4-7-15)30-22(26)16-10-12-18(13-11-16)24(27)28/h2-14,20H,1H3,(H,23,25)/t20-/m0/s1. The third-order valence-corrected chi connectivity index (χ3v) is 4.22. The summed E-state index contributed by atoms with van der Waals surface area (Å²) in [5, 5.41) is 13.5. The Bertz CT molecular complexity index is 1050. The molecule has 1 atom stereocenters. The summed E-state index contributed by atoms with van der Waals surface area (Å²) in [4.78, 5) is 35.7. The summed E-state index contributed by atoms with van der Waals surface area (Å²) in [5.41, 5.74) is 0.900. The van der Waals surface area contributed by atoms with Crippen molar-refractivity contribution in [1.29, 1.82) is 0 Å². The Morgan fingerprint density at radius 2 is 1.67 bits per heavy atom. The molecule has 1 amide bonds. The van der Waals surface area contributed by atoms with E-state index in [-0.39, 0.29) is 11.3 Å². The number of hydrogen-bond donors (Lipinski definition) is 1. The first-order valence-corrected chi connectivity index (χ1v) is 8.93. The van der Waals surface area contributed by atoms with E-state index in [9.17, 15) is 19.7 Å². The molecule has 30 heavy (non-hydrogen) atoms. The van der Waals surface area contributed by atoms with Crippen molar-refractivity contribution in [3.63, 3.8) is 0 Å². The summed E-state index contributed by atoms with van der Waals surface area (Å²) >= 11 is 0. The molecule has 0 aliphatic carbocycles. The number of amides is 1. The Kier molecular flexibility index (Phi) is 6.39. The number of carbonyl (C=O) groups is 2. The Morgan fingerprint density at radius 3 is 2.30 bits per heavy atom. The van der Waals surface area contributed by atoms with E-state index in [1.165, 1.54) is 31.4 Å². The molecule has 1 N–H and O–H groups in total. The van der Waals surface area contributed by atoms with Crippen molar-refractivity contribution in [1.82, 2.24) is 0 Å². The zero-order valence-electron chi connectivity index (χ0n) is 16.0. The van der Waals surface area contributed by atoms with Crippen molar-refractivity contribution in [2.75, 3.05) is 12.4 Å². The fourth-order valence-corrected chi connectivity index (χ4v) is 2.70. The maximum absolute atomic E-state index is 12.9. The van der Waals surface area contributed by atoms with Crippen molar-refractivity contribution in [3.8, 4) is 5.75 Å². The Hall–Kier alpha value is -4.20. The number of hydrogen-bond acceptors (Lipinski definition) is 6. The number of carbonyl (C=O) groups excluding carboxylic acids is 2. The molecule has 0 saturated carbocycles. The molecule has 0 radical (unpaired) electrons. The van der Waals surface area contributed by atoms with Crippen molar-refractivity contribution < 1.29 is 24.0 Å². The average Bonchev–Trinajstić information content (AvgIpc) is 2.78. The number of anilines is 1. The second-order valence-electron chi connectivity index (χ2n) is 6.22. The minimum Gasteiger partial charge on any atom is -0.497 e. The SMILES string of the molecule is COc1cccc(NC(=O)[C@@H](OC(=O)c2ccc([N+](=O)[O-])cc2)c2ccccc2)c1. The topological polar surface area (TPSA) is 108 Å². The van der Waals surface area contributed by atoms with Crippen LogP contribution in [0.4, 0.5) is 11.4 Å². The summed E-state index contributed by atoms with van der Waals surface area (Å²) in [6, 6.07) is 20.3. The van der Waals surface area contributed by atoms with Crippen LogP contribution in [-0.2, 0) is 9.53 Å². The molecule has 0 bridgehead atoms. The molecule has 8 heteroatoms. The Labute approximate surface area is 172 Å². The molecule has 3 aromatic rings. The molecule has 0 heterocycles. The van der Waals surface area contributed by atoms with E-state index < -0.39 is 22.9 Å². The quantitative estimate of drug-likeness (QED) is 0.359. The molecular formula is C22H18N2O6. The van der Waals surface area contributed by atoms with Crippen LogP contribution in [0.3, 0.4) is 0 Å². The van der Waals surface area contributed by atoms with E-state index in [2.05, 4.69) is 5.32 Å². The number of nitrogens with zero attached hydrogens (tertiary/aromatic N) is 1. The van der Waals surface area contributed by atoms with Gasteiger partial charge in [0.1, 0.15) is 5.75 Å². The van der Waals surface area contributed by atoms with Crippen LogP contribution in [0.1, 0.15) is 22.0 Å². The lowest BCUT2D eigenvalue weighted by Gasteiger charge is -2.18. The number of esters is 1. The lowest BCUT2D eigenvalue weighted by Crippen LogP contribution is -2.26. The van der Waals surface area contributed by atoms with Gasteiger partial charge in [-0.15, -0.1) is 0 Å². The van der Waals surface area contributed by atoms with E-state index in [1.807, 2.05) is 0 Å². The van der Waals surface area contributed by atoms with Crippen LogP contribution in [0.5, 0.6) is 5.75 Å². The fraction of sp³-hybridized carbons (Fsp3) is 0.0909. The molecule has 0 aromatic heterocycles. The molecule has 0 spiro atoms. The highest BCUT2D eigenvalue weighted by atomic mass is 16.6. The van der Waals surface area contributed by atoms with E-state index >= 15 is 0 Å². The van der Waals surface area contributed by atoms with Crippen molar-refractivity contribution >= 4 is 23.3 Å². The second kappa shape index (κ2) is 9.33. The van der Waals surface area contributed by atoms with Gasteiger partial charge < -0.3 is 14.8 Å². The number of benzene rings is 3. The number of nitro benzene ring substituents is 1. The molecule has 8 nitrogen and oxygen atoms in total. The van der Waals surface area contributed by atoms with Crippen LogP contribution in [0.15, 0.2) is 78.9 Å². The highest BCUT2D eigenvalue weighted by Crippen LogP contribution is 2.24. The molecule has 3 rings (SSSR count). The van der Waals surface area contributed by atoms with E-state index in [0.29, 0.717) is 17.0 Å². The smallest absolute Gasteiger partial charge is 0.339 e. The van der Waals surface area contributed by atoms with Gasteiger partial charge in [-0.1, -0.05) is 36.4 Å². The van der Waals surface area contributed by atoms with Crippen LogP contribution < -0.4 is 10.1 Å². The number of ether oxygens (including phenoxy) is 2. The van der Waals surface area contributed by atoms with Gasteiger partial charge in [0.15, 0.2) is 0 Å². The third kappa shape index (κ3) is 4.99. The monoisotopic (exact) mass is 406 g/mol. The summed E-state index contributed by atoms with van der Waals surface area (Å²) in [6.45, 7) is 0. The molecule has 152 valence electrons. The first-order chi connectivity index (χ1) is 14.5. The van der Waals surface area contributed by atoms with Gasteiger partial charge in [0.25, 0.3) is 11.6 Å². The van der Waals surface area contributed by atoms with Gasteiger partial charge in [-0.3, -0.25) is 14.9 Å². The lowest BCUT2D eigenvalue weighted by atomic mass is 10.1. The van der Waals surface area contributed by atoms with Gasteiger partial charge in [-0.05, 0) is 24.3 Å². The van der Waals surface area contributed by atoms with E-state index in [0.717, 1.165) is 0 Å². The normalized spacial score (nSPS) is 11.2. The van der Waals surface area contributed by atoms with Gasteiger partial charge >= 0.3 is 5.97 Å². The van der Waals surface area contributed by atoms with Crippen molar-refractivity contribution in [2.45, 2.75) is 6.10 Å². The largest absolute Gasteiger partial charge is 0.497 e. The number of rotatable bonds is 7. The Morgan fingerprint density at radius 1 is 0.967 bits per heavy atom. The number of methoxy groups -OCH3 is 1. The predicted octanol–water partition coefficient (Wildman–Crippen LogP) is 4.14. The molecule has 0 saturated heterocycles. The maximum Gasteiger partial charge on any atom is 0.339 e. The number of nitro groups is 1. The Balaban J connectivity index is 1.82. The van der Waals surface area contributed by atoms with Gasteiger partial charge in [0, 0.05) is 29.4 Å². The molecule has 0 aliphatic rings. The summed E-state index contributed by atoms with van der Waals surface area (Å²) < 4.78 is 10.6. The molecule has 0 unspecified atom stereocenters. The molecule has 0 aliphatic heterocycles. The van der Waals surface area contributed by atoms with Crippen LogP contribution in [0, 0.1) is 10.1 Å². The lowest BCUT2D eigenvalue weighted by molar-refractivity contribution is -0.384. The van der Waals surface area contributed by atoms with Crippen LogP contribution in [0.25, 0.3) is 0 Å². The first kappa shape index (κ1) is 20.5. The van der Waals surface area contributed by atoms with Gasteiger partial charge in [-0.25, -0.2) is 4.79 Å². The predicted molar refractivity (Wildman–Crippen MR) is 109 cm³/mol. The molecule has 3 aromatic carbocycles. The van der Waals surface area contributed by atoms with Gasteiger partial charge in [-0.2, -0.15) is 0 Å². The summed E-state index contributed by atoms with van der Waals surface area (Å²) in [7, 11) is 1.51.